The van der Waals surface area contributed by atoms with Crippen LogP contribution in [-0.4, -0.2) is 31.4 Å². The molecule has 17 heavy (non-hydrogen) atoms. The third-order valence-electron chi connectivity index (χ3n) is 3.83. The van der Waals surface area contributed by atoms with E-state index < -0.39 is 5.60 Å². The van der Waals surface area contributed by atoms with Gasteiger partial charge in [0, 0.05) is 13.0 Å². The Labute approximate surface area is 103 Å². The van der Waals surface area contributed by atoms with Crippen molar-refractivity contribution < 1.29 is 14.7 Å². The summed E-state index contributed by atoms with van der Waals surface area (Å²) in [6, 6.07) is 9.81. The second kappa shape index (κ2) is 4.77. The molecule has 0 bridgehead atoms. The van der Waals surface area contributed by atoms with Gasteiger partial charge in [-0.3, -0.25) is 0 Å². The molecule has 0 radical (unpaired) electrons. The van der Waals surface area contributed by atoms with E-state index in [-0.39, 0.29) is 12.0 Å². The molecule has 0 aliphatic carbocycles. The molecule has 1 heterocycles. The molecule has 0 aromatic heterocycles. The molecule has 3 nitrogen and oxygen atoms in total. The number of quaternary nitrogens is 1. The molecule has 1 aromatic carbocycles. The smallest absolute Gasteiger partial charge is 0.137 e. The summed E-state index contributed by atoms with van der Waals surface area (Å²) in [6.07, 6.45) is -0.207. The highest BCUT2D eigenvalue weighted by Crippen LogP contribution is 2.35. The molecule has 1 aromatic rings. The van der Waals surface area contributed by atoms with Gasteiger partial charge in [0.05, 0.1) is 13.1 Å². The lowest BCUT2D eigenvalue weighted by molar-refractivity contribution is -0.871. The first-order valence-electron chi connectivity index (χ1n) is 6.06. The van der Waals surface area contributed by atoms with Gasteiger partial charge in [-0.05, 0) is 5.56 Å². The van der Waals surface area contributed by atoms with Crippen LogP contribution in [0.25, 0.3) is 0 Å². The van der Waals surface area contributed by atoms with Crippen LogP contribution in [0.15, 0.2) is 30.3 Å². The Morgan fingerprint density at radius 3 is 2.59 bits per heavy atom. The predicted octanol–water partition coefficient (Wildman–Crippen LogP) is 0.215. The molecule has 0 amide bonds. The number of hydrogen-bond donors (Lipinski definition) is 2. The van der Waals surface area contributed by atoms with Gasteiger partial charge in [0.25, 0.3) is 0 Å². The first-order valence-corrected chi connectivity index (χ1v) is 6.06. The fraction of sp³-hybridized carbons (Fsp3) is 0.500. The Balaban J connectivity index is 2.38. The number of nitrogens with one attached hydrogen (secondary N) is 1. The number of aliphatic hydroxyl groups is 1. The highest BCUT2D eigenvalue weighted by Gasteiger charge is 2.48. The van der Waals surface area contributed by atoms with Gasteiger partial charge in [-0.15, -0.1) is 0 Å². The number of likely N-dealkylation sites (tertiary alicyclic amines) is 1. The van der Waals surface area contributed by atoms with E-state index in [2.05, 4.69) is 14.0 Å². The lowest BCUT2D eigenvalue weighted by Crippen LogP contribution is -3.11. The van der Waals surface area contributed by atoms with Crippen LogP contribution in [0.4, 0.5) is 0 Å². The van der Waals surface area contributed by atoms with Crippen molar-refractivity contribution in [2.75, 3.05) is 20.2 Å². The fourth-order valence-corrected chi connectivity index (χ4v) is 2.85. The van der Waals surface area contributed by atoms with Crippen LogP contribution in [0.5, 0.6) is 0 Å². The van der Waals surface area contributed by atoms with Gasteiger partial charge in [-0.2, -0.15) is 7.05 Å². The quantitative estimate of drug-likeness (QED) is 0.719. The minimum atomic E-state index is -0.906. The molecule has 1 fully saturated rings. The van der Waals surface area contributed by atoms with E-state index in [1.807, 2.05) is 30.3 Å². The fourth-order valence-electron chi connectivity index (χ4n) is 2.85. The minimum absolute atomic E-state index is 0.121. The van der Waals surface area contributed by atoms with Crippen LogP contribution in [-0.2, 0) is 10.3 Å². The summed E-state index contributed by atoms with van der Waals surface area (Å²) in [7, 11) is 5.69. The number of piperidine rings is 1. The van der Waals surface area contributed by atoms with E-state index in [9.17, 15) is 5.11 Å². The molecular formula is C14H21NO2. The van der Waals surface area contributed by atoms with Crippen LogP contribution in [0, 0.1) is 13.0 Å². The van der Waals surface area contributed by atoms with Crippen LogP contribution in [0.1, 0.15) is 12.5 Å². The predicted molar refractivity (Wildman–Crippen MR) is 66.4 cm³/mol. The standard InChI is InChI=1S/C14H21NO2/c1-11-9-15(2)10-13(17-3)14(11,16)12-7-5-4-6-8-12/h4-8,11,13,15-16H,2,9-10H2,1,3H3. The number of benzene rings is 1. The Bertz CT molecular complexity index is 368. The van der Waals surface area contributed by atoms with Crippen molar-refractivity contribution in [3.05, 3.63) is 42.9 Å². The number of hydrogen-bond acceptors (Lipinski definition) is 2. The zero-order valence-electron chi connectivity index (χ0n) is 10.5. The van der Waals surface area contributed by atoms with Gasteiger partial charge in [-0.1, -0.05) is 37.3 Å². The van der Waals surface area contributed by atoms with E-state index >= 15 is 0 Å². The molecule has 0 saturated carbocycles. The monoisotopic (exact) mass is 235 g/mol. The number of rotatable bonds is 2. The Morgan fingerprint density at radius 1 is 1.35 bits per heavy atom. The third kappa shape index (κ3) is 2.10. The molecule has 1 aliphatic heterocycles. The van der Waals surface area contributed by atoms with Gasteiger partial charge < -0.3 is 14.7 Å². The van der Waals surface area contributed by atoms with Crippen LogP contribution in [0.3, 0.4) is 0 Å². The maximum Gasteiger partial charge on any atom is 0.137 e. The first-order chi connectivity index (χ1) is 8.09. The van der Waals surface area contributed by atoms with Crippen LogP contribution >= 0.6 is 0 Å². The molecule has 2 N–H and O–H groups in total. The summed E-state index contributed by atoms with van der Waals surface area (Å²) in [5.74, 6) is 0.121. The molecule has 4 atom stereocenters. The van der Waals surface area contributed by atoms with Crippen LogP contribution in [0.2, 0.25) is 0 Å². The van der Waals surface area contributed by atoms with E-state index in [4.69, 9.17) is 4.74 Å². The lowest BCUT2D eigenvalue weighted by Gasteiger charge is -2.47. The van der Waals surface area contributed by atoms with Crippen molar-refractivity contribution in [2.45, 2.75) is 18.6 Å². The maximum absolute atomic E-state index is 11.0. The normalized spacial score (nSPS) is 38.0. The SMILES string of the molecule is [CH2-][NH+]1CC(C)C(O)(c2ccccc2)C(OC)C1. The van der Waals surface area contributed by atoms with Crippen molar-refractivity contribution in [2.24, 2.45) is 5.92 Å². The largest absolute Gasteiger partial charge is 0.465 e. The Kier molecular flexibility index (Phi) is 3.52. The topological polar surface area (TPSA) is 33.9 Å². The number of ether oxygens (including phenoxy) is 1. The van der Waals surface area contributed by atoms with E-state index in [0.29, 0.717) is 0 Å². The van der Waals surface area contributed by atoms with E-state index in [1.165, 1.54) is 0 Å². The molecule has 3 heteroatoms. The highest BCUT2D eigenvalue weighted by atomic mass is 16.5. The summed E-state index contributed by atoms with van der Waals surface area (Å²) in [5, 5.41) is 11.0. The van der Waals surface area contributed by atoms with Gasteiger partial charge in [0.2, 0.25) is 0 Å². The number of methoxy groups -OCH3 is 1. The van der Waals surface area contributed by atoms with Crippen LogP contribution < -0.4 is 4.90 Å². The van der Waals surface area contributed by atoms with Crippen molar-refractivity contribution in [3.8, 4) is 0 Å². The molecule has 1 aliphatic rings. The third-order valence-corrected chi connectivity index (χ3v) is 3.83. The van der Waals surface area contributed by atoms with Crippen molar-refractivity contribution in [3.63, 3.8) is 0 Å². The molecule has 94 valence electrons. The van der Waals surface area contributed by atoms with Gasteiger partial charge >= 0.3 is 0 Å². The van der Waals surface area contributed by atoms with E-state index in [0.717, 1.165) is 23.6 Å². The average Bonchev–Trinajstić information content (AvgIpc) is 2.34. The van der Waals surface area contributed by atoms with Gasteiger partial charge in [0.15, 0.2) is 0 Å². The van der Waals surface area contributed by atoms with Crippen molar-refractivity contribution in [1.29, 1.82) is 0 Å². The first kappa shape index (κ1) is 12.6. The second-order valence-corrected chi connectivity index (χ2v) is 4.98. The minimum Gasteiger partial charge on any atom is -0.465 e. The second-order valence-electron chi connectivity index (χ2n) is 4.98. The van der Waals surface area contributed by atoms with Crippen molar-refractivity contribution >= 4 is 0 Å². The average molecular weight is 235 g/mol. The lowest BCUT2D eigenvalue weighted by atomic mass is 9.75. The van der Waals surface area contributed by atoms with Crippen molar-refractivity contribution in [1.82, 2.24) is 0 Å². The summed E-state index contributed by atoms with van der Waals surface area (Å²) >= 11 is 0. The molecule has 4 unspecified atom stereocenters. The Morgan fingerprint density at radius 2 is 2.00 bits per heavy atom. The summed E-state index contributed by atoms with van der Waals surface area (Å²) in [5.41, 5.74) is 0.0313. The van der Waals surface area contributed by atoms with Gasteiger partial charge in [-0.25, -0.2) is 0 Å². The zero-order chi connectivity index (χ0) is 12.5. The van der Waals surface area contributed by atoms with Gasteiger partial charge in [0.1, 0.15) is 11.7 Å². The summed E-state index contributed by atoms with van der Waals surface area (Å²) in [4.78, 5) is 1.16. The Hall–Kier alpha value is -0.900. The van der Waals surface area contributed by atoms with E-state index in [1.54, 1.807) is 7.11 Å². The maximum atomic E-state index is 11.0. The molecule has 2 rings (SSSR count). The molecular weight excluding hydrogens is 214 g/mol. The summed E-state index contributed by atoms with van der Waals surface area (Å²) < 4.78 is 5.49. The summed E-state index contributed by atoms with van der Waals surface area (Å²) in [6.45, 7) is 3.64. The molecule has 1 saturated heterocycles. The zero-order valence-corrected chi connectivity index (χ0v) is 10.5. The highest BCUT2D eigenvalue weighted by molar-refractivity contribution is 5.25. The molecule has 0 spiro atoms.